The van der Waals surface area contributed by atoms with E-state index in [1.54, 1.807) is 5.10 Å². The Morgan fingerprint density at radius 1 is 1.37 bits per heavy atom. The van der Waals surface area contributed by atoms with Gasteiger partial charge in [0.15, 0.2) is 0 Å². The molecule has 19 heavy (non-hydrogen) atoms. The fourth-order valence-corrected chi connectivity index (χ4v) is 2.27. The van der Waals surface area contributed by atoms with Crippen LogP contribution in [0.15, 0.2) is 0 Å². The molecule has 1 aromatic heterocycles. The first-order chi connectivity index (χ1) is 8.95. The van der Waals surface area contributed by atoms with E-state index in [2.05, 4.69) is 15.4 Å². The summed E-state index contributed by atoms with van der Waals surface area (Å²) in [5, 5.41) is 7.33. The Balaban J connectivity index is 1.80. The fraction of sp³-hybridized carbons (Fsp3) is 0.727. The third-order valence-corrected chi connectivity index (χ3v) is 3.26. The molecule has 8 heteroatoms. The average Bonchev–Trinajstić information content (AvgIpc) is 2.95. The van der Waals surface area contributed by atoms with Crippen molar-refractivity contribution in [2.45, 2.75) is 44.7 Å². The second-order valence-corrected chi connectivity index (χ2v) is 4.74. The second kappa shape index (κ2) is 5.58. The smallest absolute Gasteiger partial charge is 0.293 e. The molecular weight excluding hydrogens is 261 g/mol. The maximum absolute atomic E-state index is 12.2. The molecule has 0 bridgehead atoms. The van der Waals surface area contributed by atoms with Crippen LogP contribution in [0.3, 0.4) is 0 Å². The summed E-state index contributed by atoms with van der Waals surface area (Å²) in [6.45, 7) is 0. The number of nitrogens with one attached hydrogen (secondary N) is 2. The van der Waals surface area contributed by atoms with Crippen LogP contribution in [0, 0.1) is 5.92 Å². The van der Waals surface area contributed by atoms with E-state index >= 15 is 0 Å². The number of anilines is 1. The molecule has 5 nitrogen and oxygen atoms in total. The molecule has 0 unspecified atom stereocenters. The molecule has 1 aliphatic carbocycles. The molecule has 2 rings (SSSR count). The lowest BCUT2D eigenvalue weighted by Crippen LogP contribution is -2.14. The predicted octanol–water partition coefficient (Wildman–Crippen LogP) is 2.73. The van der Waals surface area contributed by atoms with Gasteiger partial charge < -0.3 is 0 Å². The second-order valence-electron chi connectivity index (χ2n) is 4.74. The number of carbonyl (C=O) groups excluding carboxylic acids is 1. The Morgan fingerprint density at radius 2 is 2.05 bits per heavy atom. The molecule has 106 valence electrons. The summed E-state index contributed by atoms with van der Waals surface area (Å²) in [5.74, 6) is -1.33. The molecule has 1 aromatic rings. The van der Waals surface area contributed by atoms with Gasteiger partial charge in [-0.25, -0.2) is 0 Å². The Labute approximate surface area is 108 Å². The number of nitrogens with zero attached hydrogens (tertiary/aromatic N) is 2. The Hall–Kier alpha value is -1.60. The van der Waals surface area contributed by atoms with Crippen LogP contribution in [-0.4, -0.2) is 21.1 Å². The molecule has 0 spiro atoms. The van der Waals surface area contributed by atoms with Gasteiger partial charge in [-0.15, -0.1) is 5.10 Å². The highest BCUT2D eigenvalue weighted by atomic mass is 19.4. The topological polar surface area (TPSA) is 70.7 Å². The lowest BCUT2D eigenvalue weighted by molar-refractivity contribution is -0.144. The van der Waals surface area contributed by atoms with Crippen molar-refractivity contribution in [1.29, 1.82) is 0 Å². The van der Waals surface area contributed by atoms with Gasteiger partial charge in [0, 0.05) is 6.42 Å². The summed E-state index contributed by atoms with van der Waals surface area (Å²) in [4.78, 5) is 14.7. The normalized spacial score (nSPS) is 16.8. The first-order valence-electron chi connectivity index (χ1n) is 6.24. The highest BCUT2D eigenvalue weighted by Gasteiger charge is 2.35. The lowest BCUT2D eigenvalue weighted by Gasteiger charge is -2.07. The molecule has 0 radical (unpaired) electrons. The van der Waals surface area contributed by atoms with E-state index in [1.165, 1.54) is 12.8 Å². The zero-order chi connectivity index (χ0) is 13.9. The summed E-state index contributed by atoms with van der Waals surface area (Å²) < 4.78 is 36.7. The monoisotopic (exact) mass is 276 g/mol. The zero-order valence-electron chi connectivity index (χ0n) is 10.3. The summed E-state index contributed by atoms with van der Waals surface area (Å²) in [6.07, 6.45) is 1.13. The quantitative estimate of drug-likeness (QED) is 0.888. The van der Waals surface area contributed by atoms with E-state index in [0.29, 0.717) is 12.3 Å². The lowest BCUT2D eigenvalue weighted by atomic mass is 10.0. The van der Waals surface area contributed by atoms with Gasteiger partial charge in [0.05, 0.1) is 0 Å². The third-order valence-electron chi connectivity index (χ3n) is 3.26. The Kier molecular flexibility index (Phi) is 4.06. The zero-order valence-corrected chi connectivity index (χ0v) is 10.3. The van der Waals surface area contributed by atoms with Gasteiger partial charge in [-0.05, 0) is 12.3 Å². The van der Waals surface area contributed by atoms with Crippen molar-refractivity contribution in [2.24, 2.45) is 5.92 Å². The number of carbonyl (C=O) groups is 1. The summed E-state index contributed by atoms with van der Waals surface area (Å²) >= 11 is 0. The number of halogens is 3. The Morgan fingerprint density at radius 3 is 2.63 bits per heavy atom. The van der Waals surface area contributed by atoms with Crippen molar-refractivity contribution < 1.29 is 18.0 Å². The van der Waals surface area contributed by atoms with E-state index in [4.69, 9.17) is 0 Å². The van der Waals surface area contributed by atoms with E-state index < -0.39 is 12.0 Å². The van der Waals surface area contributed by atoms with E-state index in [1.807, 2.05) is 0 Å². The van der Waals surface area contributed by atoms with Gasteiger partial charge in [0.2, 0.25) is 17.7 Å². The maximum Gasteiger partial charge on any atom is 0.451 e. The van der Waals surface area contributed by atoms with Gasteiger partial charge >= 0.3 is 6.18 Å². The number of rotatable bonds is 4. The first-order valence-corrected chi connectivity index (χ1v) is 6.24. The van der Waals surface area contributed by atoms with Gasteiger partial charge in [-0.1, -0.05) is 25.7 Å². The standard InChI is InChI=1S/C11H15F3N4O/c12-11(13,14)9-16-10(18-17-9)15-8(19)6-5-7-3-1-2-4-7/h7H,1-6H2,(H2,15,16,17,18,19). The highest BCUT2D eigenvalue weighted by Crippen LogP contribution is 2.29. The fourth-order valence-electron chi connectivity index (χ4n) is 2.27. The third kappa shape index (κ3) is 3.93. The molecule has 1 heterocycles. The highest BCUT2D eigenvalue weighted by molar-refractivity contribution is 5.88. The van der Waals surface area contributed by atoms with Crippen LogP contribution >= 0.6 is 0 Å². The summed E-state index contributed by atoms with van der Waals surface area (Å²) in [5.41, 5.74) is 0. The van der Waals surface area contributed by atoms with E-state index in [0.717, 1.165) is 19.3 Å². The minimum Gasteiger partial charge on any atom is -0.293 e. The first kappa shape index (κ1) is 13.8. The molecule has 0 aliphatic heterocycles. The van der Waals surface area contributed by atoms with E-state index in [-0.39, 0.29) is 11.9 Å². The van der Waals surface area contributed by atoms with Crippen molar-refractivity contribution in [1.82, 2.24) is 15.2 Å². The van der Waals surface area contributed by atoms with Crippen LogP contribution < -0.4 is 5.32 Å². The summed E-state index contributed by atoms with van der Waals surface area (Å²) in [6, 6.07) is 0. The predicted molar refractivity (Wildman–Crippen MR) is 61.2 cm³/mol. The SMILES string of the molecule is O=C(CCC1CCCC1)Nc1n[nH]c(C(F)(F)F)n1. The molecule has 0 atom stereocenters. The molecule has 1 fully saturated rings. The molecule has 0 saturated heterocycles. The molecule has 1 saturated carbocycles. The molecule has 1 amide bonds. The number of hydrogen-bond donors (Lipinski definition) is 2. The number of H-pyrrole nitrogens is 1. The van der Waals surface area contributed by atoms with Gasteiger partial charge in [-0.2, -0.15) is 18.2 Å². The molecule has 1 aliphatic rings. The van der Waals surface area contributed by atoms with Gasteiger partial charge in [-0.3, -0.25) is 15.2 Å². The average molecular weight is 276 g/mol. The van der Waals surface area contributed by atoms with Gasteiger partial charge in [0.25, 0.3) is 0 Å². The van der Waals surface area contributed by atoms with E-state index in [9.17, 15) is 18.0 Å². The number of hydrogen-bond acceptors (Lipinski definition) is 3. The largest absolute Gasteiger partial charge is 0.451 e. The van der Waals surface area contributed by atoms with Crippen molar-refractivity contribution in [3.63, 3.8) is 0 Å². The van der Waals surface area contributed by atoms with Crippen LogP contribution in [0.2, 0.25) is 0 Å². The van der Waals surface area contributed by atoms with Crippen molar-refractivity contribution in [2.75, 3.05) is 5.32 Å². The Bertz CT molecular complexity index is 437. The molecule has 0 aromatic carbocycles. The summed E-state index contributed by atoms with van der Waals surface area (Å²) in [7, 11) is 0. The van der Waals surface area contributed by atoms with Crippen LogP contribution in [0.5, 0.6) is 0 Å². The van der Waals surface area contributed by atoms with Crippen LogP contribution in [0.4, 0.5) is 19.1 Å². The number of alkyl halides is 3. The number of aromatic amines is 1. The number of aromatic nitrogens is 3. The van der Waals surface area contributed by atoms with Crippen molar-refractivity contribution in [3.8, 4) is 0 Å². The minimum atomic E-state index is -4.58. The van der Waals surface area contributed by atoms with Crippen molar-refractivity contribution >= 4 is 11.9 Å². The molecule has 2 N–H and O–H groups in total. The maximum atomic E-state index is 12.2. The minimum absolute atomic E-state index is 0.292. The van der Waals surface area contributed by atoms with Crippen LogP contribution in [0.1, 0.15) is 44.3 Å². The van der Waals surface area contributed by atoms with Gasteiger partial charge in [0.1, 0.15) is 0 Å². The molecular formula is C11H15F3N4O. The van der Waals surface area contributed by atoms with Crippen LogP contribution in [-0.2, 0) is 11.0 Å². The van der Waals surface area contributed by atoms with Crippen molar-refractivity contribution in [3.05, 3.63) is 5.82 Å². The number of amides is 1. The van der Waals surface area contributed by atoms with Crippen LogP contribution in [0.25, 0.3) is 0 Å².